The number of carbonyl (C=O) groups is 1. The van der Waals surface area contributed by atoms with Gasteiger partial charge in [0.2, 0.25) is 0 Å². The molecule has 0 bridgehead atoms. The molecule has 1 aromatic heterocycles. The first-order valence-electron chi connectivity index (χ1n) is 6.07. The summed E-state index contributed by atoms with van der Waals surface area (Å²) in [7, 11) is 3.72. The molecule has 0 aliphatic carbocycles. The van der Waals surface area contributed by atoms with Gasteiger partial charge in [-0.05, 0) is 32.2 Å². The molecule has 0 fully saturated rings. The molecule has 0 saturated carbocycles. The van der Waals surface area contributed by atoms with Crippen LogP contribution in [0.15, 0.2) is 24.4 Å². The molecule has 0 amide bonds. The summed E-state index contributed by atoms with van der Waals surface area (Å²) in [6.07, 6.45) is 1.88. The van der Waals surface area contributed by atoms with E-state index in [1.54, 1.807) is 7.05 Å². The van der Waals surface area contributed by atoms with Gasteiger partial charge in [-0.2, -0.15) is 0 Å². The minimum absolute atomic E-state index is 0.0942. The molecule has 2 rings (SSSR count). The second-order valence-electron chi connectivity index (χ2n) is 4.22. The number of ketones is 1. The summed E-state index contributed by atoms with van der Waals surface area (Å²) >= 11 is 0. The largest absolute Gasteiger partial charge is 0.494 e. The van der Waals surface area contributed by atoms with Crippen molar-refractivity contribution in [1.29, 1.82) is 0 Å². The van der Waals surface area contributed by atoms with Crippen molar-refractivity contribution in [2.45, 2.75) is 6.92 Å². The predicted octanol–water partition coefficient (Wildman–Crippen LogP) is 1.98. The van der Waals surface area contributed by atoms with Crippen LogP contribution in [-0.4, -0.2) is 30.5 Å². The van der Waals surface area contributed by atoms with Crippen LogP contribution in [0.3, 0.4) is 0 Å². The zero-order valence-corrected chi connectivity index (χ0v) is 11.0. The summed E-state index contributed by atoms with van der Waals surface area (Å²) in [5.41, 5.74) is 1.78. The Hall–Kier alpha value is -1.81. The molecule has 0 radical (unpaired) electrons. The molecule has 1 N–H and O–H groups in total. The summed E-state index contributed by atoms with van der Waals surface area (Å²) in [4.78, 5) is 12.0. The summed E-state index contributed by atoms with van der Waals surface area (Å²) in [5, 5.41) is 3.84. The molecule has 4 nitrogen and oxygen atoms in total. The molecule has 4 heteroatoms. The third-order valence-corrected chi connectivity index (χ3v) is 2.91. The van der Waals surface area contributed by atoms with Gasteiger partial charge in [0.05, 0.1) is 13.2 Å². The van der Waals surface area contributed by atoms with Crippen LogP contribution in [0, 0.1) is 0 Å². The minimum atomic E-state index is 0.0942. The highest BCUT2D eigenvalue weighted by molar-refractivity contribution is 6.09. The van der Waals surface area contributed by atoms with Crippen LogP contribution in [0.1, 0.15) is 17.3 Å². The van der Waals surface area contributed by atoms with E-state index in [0.717, 1.165) is 22.2 Å². The monoisotopic (exact) mass is 246 g/mol. The van der Waals surface area contributed by atoms with E-state index in [1.807, 2.05) is 42.9 Å². The average molecular weight is 246 g/mol. The Morgan fingerprint density at radius 3 is 2.89 bits per heavy atom. The van der Waals surface area contributed by atoms with Gasteiger partial charge in [0.15, 0.2) is 5.78 Å². The van der Waals surface area contributed by atoms with E-state index in [2.05, 4.69) is 5.32 Å². The fourth-order valence-corrected chi connectivity index (χ4v) is 2.11. The van der Waals surface area contributed by atoms with Gasteiger partial charge in [0.1, 0.15) is 5.75 Å². The van der Waals surface area contributed by atoms with Crippen molar-refractivity contribution in [2.24, 2.45) is 7.05 Å². The van der Waals surface area contributed by atoms with Crippen molar-refractivity contribution >= 4 is 16.7 Å². The summed E-state index contributed by atoms with van der Waals surface area (Å²) < 4.78 is 7.45. The number of rotatable bonds is 5. The topological polar surface area (TPSA) is 43.3 Å². The number of hydrogen-bond acceptors (Lipinski definition) is 3. The molecule has 0 unspecified atom stereocenters. The van der Waals surface area contributed by atoms with Gasteiger partial charge in [0, 0.05) is 29.7 Å². The molecule has 0 saturated heterocycles. The van der Waals surface area contributed by atoms with E-state index in [4.69, 9.17) is 4.74 Å². The van der Waals surface area contributed by atoms with Crippen molar-refractivity contribution in [1.82, 2.24) is 9.88 Å². The van der Waals surface area contributed by atoms with Gasteiger partial charge in [0.25, 0.3) is 0 Å². The molecule has 96 valence electrons. The zero-order valence-electron chi connectivity index (χ0n) is 11.0. The van der Waals surface area contributed by atoms with E-state index in [-0.39, 0.29) is 5.78 Å². The normalized spacial score (nSPS) is 10.8. The number of benzene rings is 1. The Kier molecular flexibility index (Phi) is 3.67. The average Bonchev–Trinajstić information content (AvgIpc) is 2.67. The number of likely N-dealkylation sites (N-methyl/N-ethyl adjacent to an activating group) is 1. The Morgan fingerprint density at radius 2 is 2.22 bits per heavy atom. The van der Waals surface area contributed by atoms with Crippen LogP contribution in [0.5, 0.6) is 5.75 Å². The number of nitrogens with zero attached hydrogens (tertiary/aromatic N) is 1. The van der Waals surface area contributed by atoms with E-state index >= 15 is 0 Å². The standard InChI is InChI=1S/C14H18N2O2/c1-4-18-10-5-6-13-11(7-10)12(9-16(13)3)14(17)8-15-2/h5-7,9,15H,4,8H2,1-3H3. The maximum Gasteiger partial charge on any atom is 0.178 e. The Morgan fingerprint density at radius 1 is 1.44 bits per heavy atom. The maximum absolute atomic E-state index is 12.0. The van der Waals surface area contributed by atoms with Gasteiger partial charge in [-0.15, -0.1) is 0 Å². The lowest BCUT2D eigenvalue weighted by atomic mass is 10.1. The highest BCUT2D eigenvalue weighted by Gasteiger charge is 2.13. The number of hydrogen-bond donors (Lipinski definition) is 1. The molecule has 0 spiro atoms. The van der Waals surface area contributed by atoms with Crippen molar-refractivity contribution in [3.63, 3.8) is 0 Å². The Bertz CT molecular complexity index is 572. The van der Waals surface area contributed by atoms with Crippen molar-refractivity contribution in [3.05, 3.63) is 30.0 Å². The fraction of sp³-hybridized carbons (Fsp3) is 0.357. The van der Waals surface area contributed by atoms with Gasteiger partial charge >= 0.3 is 0 Å². The van der Waals surface area contributed by atoms with Crippen LogP contribution in [0.2, 0.25) is 0 Å². The van der Waals surface area contributed by atoms with Crippen molar-refractivity contribution < 1.29 is 9.53 Å². The molecule has 0 aliphatic heterocycles. The highest BCUT2D eigenvalue weighted by atomic mass is 16.5. The first-order valence-corrected chi connectivity index (χ1v) is 6.07. The maximum atomic E-state index is 12.0. The van der Waals surface area contributed by atoms with Gasteiger partial charge in [-0.3, -0.25) is 4.79 Å². The number of fused-ring (bicyclic) bond motifs is 1. The zero-order chi connectivity index (χ0) is 13.1. The van der Waals surface area contributed by atoms with Crippen LogP contribution in [-0.2, 0) is 7.05 Å². The predicted molar refractivity (Wildman–Crippen MR) is 72.3 cm³/mol. The number of aromatic nitrogens is 1. The lowest BCUT2D eigenvalue weighted by molar-refractivity contribution is 0.0995. The van der Waals surface area contributed by atoms with Gasteiger partial charge in [-0.25, -0.2) is 0 Å². The first-order chi connectivity index (χ1) is 8.67. The number of ether oxygens (including phenoxy) is 1. The molecule has 18 heavy (non-hydrogen) atoms. The number of nitrogens with one attached hydrogen (secondary N) is 1. The third kappa shape index (κ3) is 2.24. The molecule has 1 heterocycles. The molecule has 2 aromatic rings. The number of aryl methyl sites for hydroxylation is 1. The Balaban J connectivity index is 2.52. The second-order valence-corrected chi connectivity index (χ2v) is 4.22. The highest BCUT2D eigenvalue weighted by Crippen LogP contribution is 2.25. The number of Topliss-reactive ketones (excluding diaryl/α,β-unsaturated/α-hetero) is 1. The molecule has 0 aliphatic rings. The van der Waals surface area contributed by atoms with Crippen LogP contribution in [0.25, 0.3) is 10.9 Å². The molecular formula is C14H18N2O2. The fourth-order valence-electron chi connectivity index (χ4n) is 2.11. The molecule has 1 aromatic carbocycles. The van der Waals surface area contributed by atoms with E-state index < -0.39 is 0 Å². The smallest absolute Gasteiger partial charge is 0.178 e. The van der Waals surface area contributed by atoms with E-state index in [9.17, 15) is 4.79 Å². The third-order valence-electron chi connectivity index (χ3n) is 2.91. The lowest BCUT2D eigenvalue weighted by Crippen LogP contribution is -2.18. The van der Waals surface area contributed by atoms with E-state index in [1.165, 1.54) is 0 Å². The Labute approximate surface area is 107 Å². The van der Waals surface area contributed by atoms with Gasteiger partial charge < -0.3 is 14.6 Å². The quantitative estimate of drug-likeness (QED) is 0.820. The number of carbonyl (C=O) groups excluding carboxylic acids is 1. The van der Waals surface area contributed by atoms with E-state index in [0.29, 0.717) is 13.2 Å². The summed E-state index contributed by atoms with van der Waals surface area (Å²) in [6.45, 7) is 2.92. The minimum Gasteiger partial charge on any atom is -0.494 e. The summed E-state index contributed by atoms with van der Waals surface area (Å²) in [5.74, 6) is 0.895. The molecular weight excluding hydrogens is 228 g/mol. The first kappa shape index (κ1) is 12.6. The summed E-state index contributed by atoms with van der Waals surface area (Å²) in [6, 6.07) is 5.84. The SMILES string of the molecule is CCOc1ccc2c(c1)c(C(=O)CNC)cn2C. The van der Waals surface area contributed by atoms with Crippen LogP contribution >= 0.6 is 0 Å². The van der Waals surface area contributed by atoms with Crippen LogP contribution < -0.4 is 10.1 Å². The lowest BCUT2D eigenvalue weighted by Gasteiger charge is -2.04. The van der Waals surface area contributed by atoms with Crippen LogP contribution in [0.4, 0.5) is 0 Å². The van der Waals surface area contributed by atoms with Crippen molar-refractivity contribution in [3.8, 4) is 5.75 Å². The van der Waals surface area contributed by atoms with Crippen molar-refractivity contribution in [2.75, 3.05) is 20.2 Å². The molecule has 0 atom stereocenters. The second kappa shape index (κ2) is 5.23. The van der Waals surface area contributed by atoms with Gasteiger partial charge in [-0.1, -0.05) is 0 Å².